The number of methoxy groups -OCH3 is 1. The van der Waals surface area contributed by atoms with Gasteiger partial charge in [0.2, 0.25) is 0 Å². The summed E-state index contributed by atoms with van der Waals surface area (Å²) in [6.45, 7) is 2.50. The van der Waals surface area contributed by atoms with Gasteiger partial charge in [-0.15, -0.1) is 0 Å². The molecular weight excluding hydrogens is 332 g/mol. The van der Waals surface area contributed by atoms with Gasteiger partial charge in [-0.3, -0.25) is 4.79 Å². The standard InChI is InChI=1S/C19H20N4O3/c1-14-3-8-17(18(9-14)25-2)26-11-19(24)22-16-6-4-15(5-7-16)10-23-13-20-12-21-23/h3-9,12-13H,10-11H2,1-2H3,(H,22,24). The molecule has 3 rings (SSSR count). The molecule has 1 aromatic heterocycles. The minimum atomic E-state index is -0.239. The van der Waals surface area contributed by atoms with Gasteiger partial charge in [-0.05, 0) is 42.3 Å². The van der Waals surface area contributed by atoms with E-state index in [2.05, 4.69) is 15.4 Å². The second-order valence-electron chi connectivity index (χ2n) is 5.78. The molecule has 7 nitrogen and oxygen atoms in total. The van der Waals surface area contributed by atoms with Gasteiger partial charge in [-0.1, -0.05) is 18.2 Å². The van der Waals surface area contributed by atoms with Crippen LogP contribution in [0.4, 0.5) is 5.69 Å². The fraction of sp³-hybridized carbons (Fsp3) is 0.211. The molecule has 0 saturated carbocycles. The predicted octanol–water partition coefficient (Wildman–Crippen LogP) is 2.66. The molecule has 0 bridgehead atoms. The summed E-state index contributed by atoms with van der Waals surface area (Å²) in [5, 5.41) is 6.87. The average molecular weight is 352 g/mol. The number of hydrogen-bond acceptors (Lipinski definition) is 5. The summed E-state index contributed by atoms with van der Waals surface area (Å²) in [6.07, 6.45) is 3.16. The third-order valence-corrected chi connectivity index (χ3v) is 3.73. The first-order valence-electron chi connectivity index (χ1n) is 8.12. The first-order chi connectivity index (χ1) is 12.6. The SMILES string of the molecule is COc1cc(C)ccc1OCC(=O)Nc1ccc(Cn2cncn2)cc1. The van der Waals surface area contributed by atoms with E-state index in [1.54, 1.807) is 24.2 Å². The van der Waals surface area contributed by atoms with Crippen LogP contribution in [0.5, 0.6) is 11.5 Å². The van der Waals surface area contributed by atoms with Crippen LogP contribution in [0.2, 0.25) is 0 Å². The molecule has 1 N–H and O–H groups in total. The first-order valence-corrected chi connectivity index (χ1v) is 8.12. The summed E-state index contributed by atoms with van der Waals surface area (Å²) >= 11 is 0. The van der Waals surface area contributed by atoms with E-state index < -0.39 is 0 Å². The summed E-state index contributed by atoms with van der Waals surface area (Å²) < 4.78 is 12.6. The molecule has 0 saturated heterocycles. The molecule has 1 amide bonds. The quantitative estimate of drug-likeness (QED) is 0.707. The molecule has 7 heteroatoms. The number of nitrogens with zero attached hydrogens (tertiary/aromatic N) is 3. The Kier molecular flexibility index (Phi) is 5.48. The second kappa shape index (κ2) is 8.15. The molecule has 134 valence electrons. The molecule has 0 aliphatic carbocycles. The average Bonchev–Trinajstić information content (AvgIpc) is 3.15. The molecule has 0 fully saturated rings. The molecule has 0 radical (unpaired) electrons. The zero-order valence-corrected chi connectivity index (χ0v) is 14.7. The smallest absolute Gasteiger partial charge is 0.262 e. The number of carbonyl (C=O) groups is 1. The maximum atomic E-state index is 12.1. The van der Waals surface area contributed by atoms with E-state index in [0.29, 0.717) is 23.7 Å². The van der Waals surface area contributed by atoms with Gasteiger partial charge in [0.1, 0.15) is 12.7 Å². The van der Waals surface area contributed by atoms with E-state index in [-0.39, 0.29) is 12.5 Å². The number of carbonyl (C=O) groups excluding carboxylic acids is 1. The van der Waals surface area contributed by atoms with Crippen LogP contribution in [0, 0.1) is 6.92 Å². The summed E-state index contributed by atoms with van der Waals surface area (Å²) in [7, 11) is 1.57. The van der Waals surface area contributed by atoms with Crippen LogP contribution in [0.3, 0.4) is 0 Å². The van der Waals surface area contributed by atoms with Gasteiger partial charge in [-0.2, -0.15) is 5.10 Å². The fourth-order valence-electron chi connectivity index (χ4n) is 2.43. The number of hydrogen-bond donors (Lipinski definition) is 1. The van der Waals surface area contributed by atoms with Crippen molar-refractivity contribution < 1.29 is 14.3 Å². The maximum absolute atomic E-state index is 12.1. The lowest BCUT2D eigenvalue weighted by atomic mass is 10.2. The summed E-state index contributed by atoms with van der Waals surface area (Å²) in [5.41, 5.74) is 2.83. The van der Waals surface area contributed by atoms with Crippen molar-refractivity contribution in [1.29, 1.82) is 0 Å². The van der Waals surface area contributed by atoms with E-state index in [0.717, 1.165) is 11.1 Å². The van der Waals surface area contributed by atoms with Crippen molar-refractivity contribution in [2.24, 2.45) is 0 Å². The van der Waals surface area contributed by atoms with E-state index in [4.69, 9.17) is 9.47 Å². The second-order valence-corrected chi connectivity index (χ2v) is 5.78. The Balaban J connectivity index is 1.53. The van der Waals surface area contributed by atoms with Crippen molar-refractivity contribution in [3.8, 4) is 11.5 Å². The lowest BCUT2D eigenvalue weighted by molar-refractivity contribution is -0.118. The maximum Gasteiger partial charge on any atom is 0.262 e. The Morgan fingerprint density at radius 3 is 2.65 bits per heavy atom. The van der Waals surface area contributed by atoms with Gasteiger partial charge in [0.05, 0.1) is 13.7 Å². The van der Waals surface area contributed by atoms with Gasteiger partial charge in [0.25, 0.3) is 5.91 Å². The molecule has 3 aromatic rings. The number of amides is 1. The van der Waals surface area contributed by atoms with Crippen molar-refractivity contribution in [3.05, 3.63) is 66.2 Å². The predicted molar refractivity (Wildman–Crippen MR) is 97.4 cm³/mol. The lowest BCUT2D eigenvalue weighted by Gasteiger charge is -2.11. The third-order valence-electron chi connectivity index (χ3n) is 3.73. The molecule has 0 spiro atoms. The molecule has 26 heavy (non-hydrogen) atoms. The molecule has 0 unspecified atom stereocenters. The number of benzene rings is 2. The Morgan fingerprint density at radius 2 is 1.96 bits per heavy atom. The van der Waals surface area contributed by atoms with Gasteiger partial charge in [0.15, 0.2) is 18.1 Å². The lowest BCUT2D eigenvalue weighted by Crippen LogP contribution is -2.20. The summed E-state index contributed by atoms with van der Waals surface area (Å²) in [4.78, 5) is 16.0. The van der Waals surface area contributed by atoms with Crippen molar-refractivity contribution in [2.75, 3.05) is 19.0 Å². The summed E-state index contributed by atoms with van der Waals surface area (Å²) in [5.74, 6) is 0.906. The van der Waals surface area contributed by atoms with Crippen LogP contribution in [0.1, 0.15) is 11.1 Å². The molecule has 0 aliphatic heterocycles. The van der Waals surface area contributed by atoms with Gasteiger partial charge in [-0.25, -0.2) is 9.67 Å². The monoisotopic (exact) mass is 352 g/mol. The van der Waals surface area contributed by atoms with Crippen LogP contribution >= 0.6 is 0 Å². The minimum absolute atomic E-state index is 0.0971. The van der Waals surface area contributed by atoms with Crippen molar-refractivity contribution >= 4 is 11.6 Å². The zero-order valence-electron chi connectivity index (χ0n) is 14.7. The Morgan fingerprint density at radius 1 is 1.15 bits per heavy atom. The Labute approximate surface area is 151 Å². The minimum Gasteiger partial charge on any atom is -0.493 e. The highest BCUT2D eigenvalue weighted by Gasteiger charge is 2.08. The highest BCUT2D eigenvalue weighted by atomic mass is 16.5. The number of anilines is 1. The molecule has 0 atom stereocenters. The summed E-state index contributed by atoms with van der Waals surface area (Å²) in [6, 6.07) is 13.1. The largest absolute Gasteiger partial charge is 0.493 e. The van der Waals surface area contributed by atoms with Crippen LogP contribution in [-0.2, 0) is 11.3 Å². The van der Waals surface area contributed by atoms with Crippen LogP contribution in [0.15, 0.2) is 55.1 Å². The van der Waals surface area contributed by atoms with E-state index in [1.165, 1.54) is 6.33 Å². The van der Waals surface area contributed by atoms with Crippen molar-refractivity contribution in [1.82, 2.24) is 14.8 Å². The molecule has 0 aliphatic rings. The number of aromatic nitrogens is 3. The number of nitrogens with one attached hydrogen (secondary N) is 1. The normalized spacial score (nSPS) is 10.4. The van der Waals surface area contributed by atoms with Gasteiger partial charge in [0, 0.05) is 5.69 Å². The van der Waals surface area contributed by atoms with E-state index >= 15 is 0 Å². The van der Waals surface area contributed by atoms with Gasteiger partial charge < -0.3 is 14.8 Å². The zero-order chi connectivity index (χ0) is 18.4. The molecular formula is C19H20N4O3. The highest BCUT2D eigenvalue weighted by Crippen LogP contribution is 2.27. The highest BCUT2D eigenvalue weighted by molar-refractivity contribution is 5.91. The van der Waals surface area contributed by atoms with Crippen LogP contribution in [0.25, 0.3) is 0 Å². The van der Waals surface area contributed by atoms with E-state index in [9.17, 15) is 4.79 Å². The van der Waals surface area contributed by atoms with Gasteiger partial charge >= 0.3 is 0 Å². The number of rotatable bonds is 7. The fourth-order valence-corrected chi connectivity index (χ4v) is 2.43. The van der Waals surface area contributed by atoms with E-state index in [1.807, 2.05) is 43.3 Å². The van der Waals surface area contributed by atoms with Crippen molar-refractivity contribution in [3.63, 3.8) is 0 Å². The first kappa shape index (κ1) is 17.5. The molecule has 1 heterocycles. The van der Waals surface area contributed by atoms with Crippen LogP contribution in [-0.4, -0.2) is 34.4 Å². The number of ether oxygens (including phenoxy) is 2. The Bertz CT molecular complexity index is 861. The van der Waals surface area contributed by atoms with Crippen LogP contribution < -0.4 is 14.8 Å². The topological polar surface area (TPSA) is 78.3 Å². The third kappa shape index (κ3) is 4.60. The molecule has 2 aromatic carbocycles. The van der Waals surface area contributed by atoms with Crippen molar-refractivity contribution in [2.45, 2.75) is 13.5 Å². The number of aryl methyl sites for hydroxylation is 1. The Hall–Kier alpha value is -3.35.